The van der Waals surface area contributed by atoms with Crippen LogP contribution in [0, 0.1) is 13.8 Å². The van der Waals surface area contributed by atoms with E-state index < -0.39 is 0 Å². The van der Waals surface area contributed by atoms with Gasteiger partial charge < -0.3 is 4.57 Å². The average Bonchev–Trinajstić information content (AvgIpc) is 3.56. The Hall–Kier alpha value is -6.06. The van der Waals surface area contributed by atoms with E-state index in [0.717, 1.165) is 22.5 Å². The normalized spacial score (nSPS) is 13.4. The van der Waals surface area contributed by atoms with Crippen LogP contribution in [-0.2, 0) is 5.41 Å². The maximum absolute atomic E-state index is 5.21. The van der Waals surface area contributed by atoms with Gasteiger partial charge in [-0.3, -0.25) is 4.98 Å². The summed E-state index contributed by atoms with van der Waals surface area (Å²) in [5.74, 6) is 0. The summed E-state index contributed by atoms with van der Waals surface area (Å²) in [6.07, 6.45) is 3.65. The molecule has 3 heterocycles. The predicted octanol–water partition coefficient (Wildman–Crippen LogP) is 12.1. The Balaban J connectivity index is 1.30. The Morgan fingerprint density at radius 3 is 2.02 bits per heavy atom. The van der Waals surface area contributed by atoms with Gasteiger partial charge in [0.25, 0.3) is 0 Å². The van der Waals surface area contributed by atoms with Gasteiger partial charge in [0.15, 0.2) is 0 Å². The van der Waals surface area contributed by atoms with Crippen molar-refractivity contribution < 1.29 is 0 Å². The second kappa shape index (κ2) is 10.5. The summed E-state index contributed by atoms with van der Waals surface area (Å²) in [6.45, 7) is 9.28. The summed E-state index contributed by atoms with van der Waals surface area (Å²) in [7, 11) is 0. The molecule has 0 N–H and O–H groups in total. The van der Waals surface area contributed by atoms with Crippen LogP contribution in [0.1, 0.15) is 36.2 Å². The molecule has 0 radical (unpaired) electrons. The van der Waals surface area contributed by atoms with Crippen molar-refractivity contribution >= 4 is 43.2 Å². The van der Waals surface area contributed by atoms with E-state index in [1.807, 2.05) is 24.5 Å². The largest absolute Gasteiger partial charge is 0.313 e. The monoisotopic (exact) mass is 641 g/mol. The van der Waals surface area contributed by atoms with Gasteiger partial charge in [-0.25, -0.2) is 4.98 Å². The second-order valence-electron chi connectivity index (χ2n) is 14.3. The quantitative estimate of drug-likeness (QED) is 0.180. The minimum absolute atomic E-state index is 0.0274. The molecule has 1 aliphatic carbocycles. The molecule has 0 saturated heterocycles. The maximum Gasteiger partial charge on any atom is 0.0715 e. The topological polar surface area (TPSA) is 30.7 Å². The highest BCUT2D eigenvalue weighted by Gasteiger charge is 2.35. The van der Waals surface area contributed by atoms with Crippen LogP contribution in [0.3, 0.4) is 0 Å². The van der Waals surface area contributed by atoms with Crippen LogP contribution in [-0.4, -0.2) is 14.5 Å². The first kappa shape index (κ1) is 28.9. The van der Waals surface area contributed by atoms with Crippen LogP contribution in [0.2, 0.25) is 0 Å². The Bertz CT molecular complexity index is 2860. The molecule has 3 nitrogen and oxygen atoms in total. The molecule has 0 atom stereocenters. The third kappa shape index (κ3) is 3.92. The van der Waals surface area contributed by atoms with E-state index >= 15 is 0 Å². The lowest BCUT2D eigenvalue weighted by Gasteiger charge is -2.21. The highest BCUT2D eigenvalue weighted by Crippen LogP contribution is 2.50. The Labute approximate surface area is 291 Å². The van der Waals surface area contributed by atoms with E-state index in [9.17, 15) is 0 Å². The van der Waals surface area contributed by atoms with Gasteiger partial charge in [0.05, 0.1) is 16.9 Å². The summed E-state index contributed by atoms with van der Waals surface area (Å²) >= 11 is 0. The van der Waals surface area contributed by atoms with Gasteiger partial charge in [-0.05, 0) is 111 Å². The van der Waals surface area contributed by atoms with Crippen molar-refractivity contribution in [3.63, 3.8) is 0 Å². The van der Waals surface area contributed by atoms with E-state index in [1.165, 1.54) is 82.4 Å². The lowest BCUT2D eigenvalue weighted by atomic mass is 9.82. The van der Waals surface area contributed by atoms with Crippen LogP contribution in [0.25, 0.3) is 82.5 Å². The van der Waals surface area contributed by atoms with Gasteiger partial charge in [0, 0.05) is 51.1 Å². The van der Waals surface area contributed by atoms with Gasteiger partial charge in [0.1, 0.15) is 0 Å². The lowest BCUT2D eigenvalue weighted by molar-refractivity contribution is 0.660. The summed E-state index contributed by atoms with van der Waals surface area (Å²) < 4.78 is 2.52. The molecule has 0 fully saturated rings. The molecule has 0 unspecified atom stereocenters. The number of hydrogen-bond donors (Lipinski definition) is 0. The lowest BCUT2D eigenvalue weighted by Crippen LogP contribution is -2.14. The molecule has 0 bridgehead atoms. The van der Waals surface area contributed by atoms with E-state index in [2.05, 4.69) is 153 Å². The van der Waals surface area contributed by atoms with E-state index in [0.29, 0.717) is 0 Å². The van der Waals surface area contributed by atoms with Crippen LogP contribution in [0.4, 0.5) is 0 Å². The zero-order chi connectivity index (χ0) is 33.7. The summed E-state index contributed by atoms with van der Waals surface area (Å²) in [4.78, 5) is 9.43. The predicted molar refractivity (Wildman–Crippen MR) is 209 cm³/mol. The molecule has 0 aliphatic heterocycles. The second-order valence-corrected chi connectivity index (χ2v) is 14.3. The summed E-state index contributed by atoms with van der Waals surface area (Å²) in [5, 5.41) is 8.83. The first-order valence-corrected chi connectivity index (χ1v) is 17.4. The molecular weight excluding hydrogens is 607 g/mol. The maximum atomic E-state index is 5.21. The third-order valence-corrected chi connectivity index (χ3v) is 11.3. The minimum Gasteiger partial charge on any atom is -0.313 e. The molecule has 6 aromatic carbocycles. The molecule has 3 aromatic heterocycles. The number of hydrogen-bond acceptors (Lipinski definition) is 2. The summed E-state index contributed by atoms with van der Waals surface area (Å²) in [5.41, 5.74) is 14.6. The fourth-order valence-electron chi connectivity index (χ4n) is 8.80. The highest BCUT2D eigenvalue weighted by atomic mass is 15.0. The highest BCUT2D eigenvalue weighted by molar-refractivity contribution is 6.33. The number of pyridine rings is 2. The number of benzene rings is 6. The number of fused-ring (bicyclic) bond motifs is 11. The first-order chi connectivity index (χ1) is 24.4. The third-order valence-electron chi connectivity index (χ3n) is 11.3. The fourth-order valence-corrected chi connectivity index (χ4v) is 8.80. The molecule has 10 rings (SSSR count). The minimum atomic E-state index is -0.0274. The van der Waals surface area contributed by atoms with Crippen molar-refractivity contribution in [2.24, 2.45) is 0 Å². The molecule has 0 amide bonds. The Kier molecular flexibility index (Phi) is 6.05. The van der Waals surface area contributed by atoms with Crippen LogP contribution in [0.5, 0.6) is 0 Å². The molecule has 3 heteroatoms. The van der Waals surface area contributed by atoms with E-state index in [-0.39, 0.29) is 5.41 Å². The molecule has 1 aliphatic rings. The average molecular weight is 642 g/mol. The van der Waals surface area contributed by atoms with Gasteiger partial charge in [0.2, 0.25) is 0 Å². The van der Waals surface area contributed by atoms with Crippen LogP contribution in [0.15, 0.2) is 140 Å². The fraction of sp³-hybridized carbons (Fsp3) is 0.106. The van der Waals surface area contributed by atoms with Crippen molar-refractivity contribution in [2.75, 3.05) is 0 Å². The number of nitrogens with zero attached hydrogens (tertiary/aromatic N) is 3. The zero-order valence-electron chi connectivity index (χ0n) is 28.6. The molecule has 0 saturated carbocycles. The summed E-state index contributed by atoms with van der Waals surface area (Å²) in [6, 6.07) is 46.6. The van der Waals surface area contributed by atoms with Gasteiger partial charge >= 0.3 is 0 Å². The molecule has 238 valence electrons. The smallest absolute Gasteiger partial charge is 0.0715 e. The van der Waals surface area contributed by atoms with Gasteiger partial charge in [-0.15, -0.1) is 0 Å². The number of aromatic nitrogens is 3. The van der Waals surface area contributed by atoms with Crippen molar-refractivity contribution in [1.29, 1.82) is 0 Å². The van der Waals surface area contributed by atoms with Crippen molar-refractivity contribution in [1.82, 2.24) is 14.5 Å². The Morgan fingerprint density at radius 1 is 0.520 bits per heavy atom. The standard InChI is InChI=1S/C47H35N3/c1-28-29(2)50(31-20-21-41-37(26-31)34-14-9-10-17-40(34)47(41,3)4)46-36-16-8-6-13-33(36)39-27-38(32-12-5-7-15-35(32)45(39)44(28)46)43-19-11-18-42(49-43)30-22-24-48-25-23-30/h5-27H,1-4H3. The zero-order valence-corrected chi connectivity index (χ0v) is 28.6. The molecule has 50 heavy (non-hydrogen) atoms. The molecule has 0 spiro atoms. The van der Waals surface area contributed by atoms with Crippen LogP contribution >= 0.6 is 0 Å². The first-order valence-electron chi connectivity index (χ1n) is 17.4. The van der Waals surface area contributed by atoms with E-state index in [4.69, 9.17) is 4.98 Å². The van der Waals surface area contributed by atoms with Gasteiger partial charge in [-0.2, -0.15) is 0 Å². The number of rotatable bonds is 3. The molecule has 9 aromatic rings. The van der Waals surface area contributed by atoms with E-state index in [1.54, 1.807) is 0 Å². The van der Waals surface area contributed by atoms with Crippen LogP contribution < -0.4 is 0 Å². The van der Waals surface area contributed by atoms with Crippen molar-refractivity contribution in [3.05, 3.63) is 162 Å². The molecular formula is C47H35N3. The number of aryl methyl sites for hydroxylation is 1. The van der Waals surface area contributed by atoms with Crippen molar-refractivity contribution in [2.45, 2.75) is 33.1 Å². The van der Waals surface area contributed by atoms with Crippen molar-refractivity contribution in [3.8, 4) is 39.3 Å². The SMILES string of the molecule is Cc1c(C)n(-c2ccc3c(c2)-c2ccccc2C3(C)C)c2c3ccccc3c3cc(-c4cccc(-c5ccncc5)n4)c4ccccc4c3c12. The van der Waals surface area contributed by atoms with Gasteiger partial charge in [-0.1, -0.05) is 98.8 Å². The Morgan fingerprint density at radius 2 is 1.20 bits per heavy atom.